The van der Waals surface area contributed by atoms with Gasteiger partial charge in [-0.25, -0.2) is 0 Å². The first-order valence-corrected chi connectivity index (χ1v) is 19.8. The molecule has 0 radical (unpaired) electrons. The molecule has 0 saturated heterocycles. The molecule has 0 bridgehead atoms. The lowest BCUT2D eigenvalue weighted by Crippen LogP contribution is -2.15. The Kier molecular flexibility index (Phi) is 7.55. The van der Waals surface area contributed by atoms with Gasteiger partial charge in [-0.2, -0.15) is 0 Å². The van der Waals surface area contributed by atoms with Gasteiger partial charge in [0.15, 0.2) is 0 Å². The lowest BCUT2D eigenvalue weighted by molar-refractivity contribution is 0.659. The zero-order chi connectivity index (χ0) is 38.1. The lowest BCUT2D eigenvalue weighted by atomic mass is 9.79. The van der Waals surface area contributed by atoms with Gasteiger partial charge in [0.25, 0.3) is 0 Å². The van der Waals surface area contributed by atoms with Crippen molar-refractivity contribution >= 4 is 49.8 Å². The maximum Gasteiger partial charge on any atom is 0.143 e. The summed E-state index contributed by atoms with van der Waals surface area (Å²) in [6.45, 7) is 4.75. The molecule has 1 aromatic heterocycles. The van der Waals surface area contributed by atoms with E-state index in [-0.39, 0.29) is 5.41 Å². The standard InChI is InChI=1S/C55H39NO/c1-55(2)47-21-12-11-20-46(47)50-44-18-9-10-19-45(44)54-52(53(50)55)51-48(22-13-23-49(51)57-54)56(42-32-28-40(29-33-42)37-16-7-4-8-17-37)43-34-30-41(31-35-43)39-26-24-38(25-27-39)36-14-5-3-6-15-36/h3-35H,1-2H3. The Morgan fingerprint density at radius 3 is 1.46 bits per heavy atom. The Labute approximate surface area is 332 Å². The van der Waals surface area contributed by atoms with E-state index in [2.05, 4.69) is 219 Å². The number of fused-ring (bicyclic) bond motifs is 10. The van der Waals surface area contributed by atoms with Crippen molar-refractivity contribution in [1.82, 2.24) is 0 Å². The molecular formula is C55H39NO. The number of benzene rings is 9. The van der Waals surface area contributed by atoms with Crippen molar-refractivity contribution in [1.29, 1.82) is 0 Å². The van der Waals surface area contributed by atoms with Gasteiger partial charge < -0.3 is 9.32 Å². The summed E-state index contributed by atoms with van der Waals surface area (Å²) in [5.74, 6) is 0. The molecule has 270 valence electrons. The molecule has 0 amide bonds. The van der Waals surface area contributed by atoms with Crippen molar-refractivity contribution in [3.8, 4) is 44.5 Å². The summed E-state index contributed by atoms with van der Waals surface area (Å²) in [6.07, 6.45) is 0. The first-order chi connectivity index (χ1) is 28.0. The summed E-state index contributed by atoms with van der Waals surface area (Å²) in [7, 11) is 0. The van der Waals surface area contributed by atoms with Gasteiger partial charge in [0.2, 0.25) is 0 Å². The molecule has 0 N–H and O–H groups in total. The second kappa shape index (κ2) is 13.0. The van der Waals surface area contributed by atoms with E-state index in [1.54, 1.807) is 0 Å². The number of anilines is 3. The van der Waals surface area contributed by atoms with Gasteiger partial charge >= 0.3 is 0 Å². The molecule has 0 fully saturated rings. The fourth-order valence-electron chi connectivity index (χ4n) is 9.34. The van der Waals surface area contributed by atoms with Crippen LogP contribution >= 0.6 is 0 Å². The summed E-state index contributed by atoms with van der Waals surface area (Å²) in [5, 5.41) is 4.70. The summed E-state index contributed by atoms with van der Waals surface area (Å²) < 4.78 is 7.01. The van der Waals surface area contributed by atoms with Gasteiger partial charge in [0, 0.05) is 27.6 Å². The third-order valence-electron chi connectivity index (χ3n) is 12.1. The van der Waals surface area contributed by atoms with Crippen LogP contribution < -0.4 is 4.90 Å². The first kappa shape index (κ1) is 33.2. The van der Waals surface area contributed by atoms with Gasteiger partial charge in [0.05, 0.1) is 11.1 Å². The van der Waals surface area contributed by atoms with Crippen LogP contribution in [0.1, 0.15) is 25.0 Å². The smallest absolute Gasteiger partial charge is 0.143 e. The van der Waals surface area contributed by atoms with Crippen LogP contribution in [-0.2, 0) is 5.41 Å². The Hall–Kier alpha value is -7.16. The Bertz CT molecular complexity index is 3100. The van der Waals surface area contributed by atoms with Gasteiger partial charge in [0.1, 0.15) is 11.2 Å². The van der Waals surface area contributed by atoms with E-state index >= 15 is 0 Å². The van der Waals surface area contributed by atoms with E-state index in [1.807, 2.05) is 0 Å². The SMILES string of the molecule is CC1(C)c2ccccc2-c2c1c1c(oc3cccc(N(c4ccc(-c5ccccc5)cc4)c4ccc(-c5ccc(-c6ccccc6)cc5)cc4)c31)c1ccccc21. The van der Waals surface area contributed by atoms with Crippen molar-refractivity contribution in [2.24, 2.45) is 0 Å². The first-order valence-electron chi connectivity index (χ1n) is 19.8. The molecule has 1 aliphatic rings. The second-order valence-corrected chi connectivity index (χ2v) is 15.7. The molecule has 0 atom stereocenters. The Morgan fingerprint density at radius 2 is 0.877 bits per heavy atom. The zero-order valence-corrected chi connectivity index (χ0v) is 31.9. The Balaban J connectivity index is 1.12. The van der Waals surface area contributed by atoms with Crippen LogP contribution in [0.15, 0.2) is 205 Å². The topological polar surface area (TPSA) is 16.4 Å². The van der Waals surface area contributed by atoms with Crippen LogP contribution in [-0.4, -0.2) is 0 Å². The van der Waals surface area contributed by atoms with Gasteiger partial charge in [-0.05, 0) is 97.4 Å². The molecule has 57 heavy (non-hydrogen) atoms. The molecule has 0 saturated carbocycles. The van der Waals surface area contributed by atoms with E-state index in [4.69, 9.17) is 4.42 Å². The number of furan rings is 1. The van der Waals surface area contributed by atoms with Crippen molar-refractivity contribution < 1.29 is 4.42 Å². The van der Waals surface area contributed by atoms with Crippen molar-refractivity contribution in [3.05, 3.63) is 211 Å². The molecule has 0 unspecified atom stereocenters. The van der Waals surface area contributed by atoms with Crippen LogP contribution in [0.5, 0.6) is 0 Å². The van der Waals surface area contributed by atoms with Crippen LogP contribution in [0, 0.1) is 0 Å². The normalized spacial score (nSPS) is 12.9. The van der Waals surface area contributed by atoms with Crippen molar-refractivity contribution in [2.75, 3.05) is 4.90 Å². The average molecular weight is 730 g/mol. The van der Waals surface area contributed by atoms with Crippen molar-refractivity contribution in [2.45, 2.75) is 19.3 Å². The molecule has 0 spiro atoms. The molecule has 0 aliphatic heterocycles. The highest BCUT2D eigenvalue weighted by atomic mass is 16.3. The predicted octanol–water partition coefficient (Wildman–Crippen LogP) is 15.5. The number of hydrogen-bond acceptors (Lipinski definition) is 2. The maximum atomic E-state index is 7.01. The number of rotatable bonds is 6. The molecule has 1 aliphatic carbocycles. The van der Waals surface area contributed by atoms with Gasteiger partial charge in [-0.1, -0.05) is 178 Å². The number of nitrogens with zero attached hydrogens (tertiary/aromatic N) is 1. The Morgan fingerprint density at radius 1 is 0.404 bits per heavy atom. The zero-order valence-electron chi connectivity index (χ0n) is 31.9. The van der Waals surface area contributed by atoms with Crippen LogP contribution in [0.2, 0.25) is 0 Å². The van der Waals surface area contributed by atoms with Gasteiger partial charge in [-0.3, -0.25) is 0 Å². The quantitative estimate of drug-likeness (QED) is 0.169. The van der Waals surface area contributed by atoms with Crippen LogP contribution in [0.3, 0.4) is 0 Å². The summed E-state index contributed by atoms with van der Waals surface area (Å²) in [4.78, 5) is 2.41. The van der Waals surface area contributed by atoms with Crippen molar-refractivity contribution in [3.63, 3.8) is 0 Å². The fraction of sp³-hybridized carbons (Fsp3) is 0.0545. The predicted molar refractivity (Wildman–Crippen MR) is 240 cm³/mol. The van der Waals surface area contributed by atoms with Crippen LogP contribution in [0.4, 0.5) is 17.1 Å². The van der Waals surface area contributed by atoms with E-state index in [0.29, 0.717) is 0 Å². The van der Waals surface area contributed by atoms with Gasteiger partial charge in [-0.15, -0.1) is 0 Å². The largest absolute Gasteiger partial charge is 0.455 e. The minimum Gasteiger partial charge on any atom is -0.455 e. The van der Waals surface area contributed by atoms with E-state index in [1.165, 1.54) is 66.4 Å². The fourth-order valence-corrected chi connectivity index (χ4v) is 9.34. The molecule has 1 heterocycles. The molecule has 2 heteroatoms. The molecular weight excluding hydrogens is 691 g/mol. The van der Waals surface area contributed by atoms with E-state index in [9.17, 15) is 0 Å². The number of hydrogen-bond donors (Lipinski definition) is 0. The third kappa shape index (κ3) is 5.25. The summed E-state index contributed by atoms with van der Waals surface area (Å²) >= 11 is 0. The minimum absolute atomic E-state index is 0.238. The molecule has 10 aromatic rings. The monoisotopic (exact) mass is 729 g/mol. The highest BCUT2D eigenvalue weighted by molar-refractivity contribution is 6.26. The lowest BCUT2D eigenvalue weighted by Gasteiger charge is -2.27. The molecule has 9 aromatic carbocycles. The second-order valence-electron chi connectivity index (χ2n) is 15.7. The molecule has 11 rings (SSSR count). The van der Waals surface area contributed by atoms with E-state index < -0.39 is 0 Å². The summed E-state index contributed by atoms with van der Waals surface area (Å²) in [5.41, 5.74) is 17.3. The third-order valence-corrected chi connectivity index (χ3v) is 12.1. The van der Waals surface area contributed by atoms with Crippen LogP contribution in [0.25, 0.3) is 77.2 Å². The maximum absolute atomic E-state index is 7.01. The molecule has 2 nitrogen and oxygen atoms in total. The average Bonchev–Trinajstić information content (AvgIpc) is 3.78. The highest BCUT2D eigenvalue weighted by Crippen LogP contribution is 2.57. The van der Waals surface area contributed by atoms with E-state index in [0.717, 1.165) is 39.0 Å². The summed E-state index contributed by atoms with van der Waals surface area (Å²) in [6, 6.07) is 72.2. The minimum atomic E-state index is -0.238. The highest BCUT2D eigenvalue weighted by Gasteiger charge is 2.40.